The van der Waals surface area contributed by atoms with Crippen LogP contribution in [0.1, 0.15) is 32.6 Å². The van der Waals surface area contributed by atoms with Crippen molar-refractivity contribution in [3.8, 4) is 5.75 Å². The molecule has 2 aromatic rings. The fraction of sp³-hybridized carbons (Fsp3) is 0.316. The number of anilines is 1. The maximum atomic E-state index is 12.6. The van der Waals surface area contributed by atoms with Crippen molar-refractivity contribution >= 4 is 11.6 Å². The van der Waals surface area contributed by atoms with Crippen LogP contribution in [-0.4, -0.2) is 19.1 Å². The molecule has 4 heteroatoms. The molecule has 2 N–H and O–H groups in total. The highest BCUT2D eigenvalue weighted by Crippen LogP contribution is 2.25. The monoisotopic (exact) mass is 310 g/mol. The normalized spacial score (nSPS) is 13.7. The summed E-state index contributed by atoms with van der Waals surface area (Å²) < 4.78 is 5.67. The van der Waals surface area contributed by atoms with Crippen molar-refractivity contribution in [2.45, 2.75) is 27.3 Å². The molecule has 120 valence electrons. The minimum absolute atomic E-state index is 0.0672. The summed E-state index contributed by atoms with van der Waals surface area (Å²) in [6.07, 6.45) is 0. The van der Waals surface area contributed by atoms with E-state index < -0.39 is 0 Å². The van der Waals surface area contributed by atoms with E-state index in [2.05, 4.69) is 10.6 Å². The van der Waals surface area contributed by atoms with E-state index in [0.29, 0.717) is 6.61 Å². The Labute approximate surface area is 136 Å². The van der Waals surface area contributed by atoms with Crippen LogP contribution in [0.2, 0.25) is 0 Å². The highest BCUT2D eigenvalue weighted by molar-refractivity contribution is 6.06. The van der Waals surface area contributed by atoms with Gasteiger partial charge in [0, 0.05) is 29.9 Å². The molecule has 3 rings (SSSR count). The maximum absolute atomic E-state index is 12.6. The minimum atomic E-state index is -0.0672. The molecule has 2 aromatic carbocycles. The number of ether oxygens (including phenoxy) is 1. The zero-order valence-electron chi connectivity index (χ0n) is 13.8. The highest BCUT2D eigenvalue weighted by Gasteiger charge is 2.15. The molecule has 0 aliphatic carbocycles. The van der Waals surface area contributed by atoms with Crippen LogP contribution in [-0.2, 0) is 6.54 Å². The van der Waals surface area contributed by atoms with Gasteiger partial charge in [-0.3, -0.25) is 4.79 Å². The lowest BCUT2D eigenvalue weighted by Crippen LogP contribution is -2.16. The smallest absolute Gasteiger partial charge is 0.256 e. The molecule has 4 nitrogen and oxygen atoms in total. The van der Waals surface area contributed by atoms with Gasteiger partial charge in [-0.1, -0.05) is 17.7 Å². The number of carbonyl (C=O) groups is 1. The lowest BCUT2D eigenvalue weighted by atomic mass is 9.99. The number of aryl methyl sites for hydroxylation is 3. The molecule has 1 heterocycles. The largest absolute Gasteiger partial charge is 0.492 e. The van der Waals surface area contributed by atoms with E-state index in [0.717, 1.165) is 46.8 Å². The number of benzene rings is 2. The molecule has 23 heavy (non-hydrogen) atoms. The van der Waals surface area contributed by atoms with E-state index in [9.17, 15) is 4.79 Å². The molecule has 0 aromatic heterocycles. The van der Waals surface area contributed by atoms with Gasteiger partial charge in [0.2, 0.25) is 0 Å². The summed E-state index contributed by atoms with van der Waals surface area (Å²) >= 11 is 0. The van der Waals surface area contributed by atoms with Crippen molar-refractivity contribution in [3.63, 3.8) is 0 Å². The number of amides is 1. The number of nitrogens with one attached hydrogen (secondary N) is 2. The van der Waals surface area contributed by atoms with Crippen LogP contribution in [0.4, 0.5) is 5.69 Å². The van der Waals surface area contributed by atoms with Gasteiger partial charge in [-0.25, -0.2) is 0 Å². The molecule has 0 fully saturated rings. The Morgan fingerprint density at radius 2 is 1.87 bits per heavy atom. The van der Waals surface area contributed by atoms with Crippen LogP contribution < -0.4 is 15.4 Å². The molecule has 0 saturated heterocycles. The van der Waals surface area contributed by atoms with Crippen LogP contribution in [0, 0.1) is 20.8 Å². The zero-order valence-corrected chi connectivity index (χ0v) is 13.8. The summed E-state index contributed by atoms with van der Waals surface area (Å²) in [6, 6.07) is 9.87. The summed E-state index contributed by atoms with van der Waals surface area (Å²) in [5.74, 6) is 0.818. The second kappa shape index (κ2) is 6.42. The standard InChI is InChI=1S/C19H22N2O2/c1-12-8-13(2)18(14(3)9-12)19(22)21-16-4-5-17-15(10-16)11-20-6-7-23-17/h4-5,8-10,20H,6-7,11H2,1-3H3,(H,21,22). The first-order valence-electron chi connectivity index (χ1n) is 7.90. The summed E-state index contributed by atoms with van der Waals surface area (Å²) in [5.41, 5.74) is 5.78. The van der Waals surface area contributed by atoms with Crippen molar-refractivity contribution in [2.24, 2.45) is 0 Å². The summed E-state index contributed by atoms with van der Waals surface area (Å²) in [6.45, 7) is 8.24. The van der Waals surface area contributed by atoms with Gasteiger partial charge in [-0.05, 0) is 50.1 Å². The molecule has 0 atom stereocenters. The minimum Gasteiger partial charge on any atom is -0.492 e. The van der Waals surface area contributed by atoms with E-state index in [-0.39, 0.29) is 5.91 Å². The summed E-state index contributed by atoms with van der Waals surface area (Å²) in [5, 5.41) is 6.31. The lowest BCUT2D eigenvalue weighted by molar-refractivity contribution is 0.102. The Kier molecular flexibility index (Phi) is 4.35. The molecule has 0 spiro atoms. The van der Waals surface area contributed by atoms with E-state index in [1.165, 1.54) is 5.56 Å². The van der Waals surface area contributed by atoms with Gasteiger partial charge in [0.15, 0.2) is 0 Å². The third kappa shape index (κ3) is 3.37. The Morgan fingerprint density at radius 3 is 2.61 bits per heavy atom. The fourth-order valence-corrected chi connectivity index (χ4v) is 3.12. The zero-order chi connectivity index (χ0) is 16.4. The van der Waals surface area contributed by atoms with Gasteiger partial charge in [0.1, 0.15) is 12.4 Å². The molecule has 1 aliphatic heterocycles. The van der Waals surface area contributed by atoms with Crippen LogP contribution in [0.5, 0.6) is 5.75 Å². The average Bonchev–Trinajstić information content (AvgIpc) is 2.70. The molecule has 1 aliphatic rings. The summed E-state index contributed by atoms with van der Waals surface area (Å²) in [4.78, 5) is 12.6. The third-order valence-corrected chi connectivity index (χ3v) is 4.07. The number of carbonyl (C=O) groups excluding carboxylic acids is 1. The lowest BCUT2D eigenvalue weighted by Gasteiger charge is -2.13. The van der Waals surface area contributed by atoms with Crippen molar-refractivity contribution in [2.75, 3.05) is 18.5 Å². The number of hydrogen-bond donors (Lipinski definition) is 2. The van der Waals surface area contributed by atoms with Gasteiger partial charge in [-0.2, -0.15) is 0 Å². The SMILES string of the molecule is Cc1cc(C)c(C(=O)Nc2ccc3c(c2)CNCCO3)c(C)c1. The highest BCUT2D eigenvalue weighted by atomic mass is 16.5. The predicted octanol–water partition coefficient (Wildman–Crippen LogP) is 3.35. The predicted molar refractivity (Wildman–Crippen MR) is 92.2 cm³/mol. The van der Waals surface area contributed by atoms with Gasteiger partial charge >= 0.3 is 0 Å². The third-order valence-electron chi connectivity index (χ3n) is 4.07. The second-order valence-electron chi connectivity index (χ2n) is 6.08. The first kappa shape index (κ1) is 15.6. The Hall–Kier alpha value is -2.33. The summed E-state index contributed by atoms with van der Waals surface area (Å²) in [7, 11) is 0. The van der Waals surface area contributed by atoms with Crippen molar-refractivity contribution in [3.05, 3.63) is 58.1 Å². The number of rotatable bonds is 2. The molecular weight excluding hydrogens is 288 g/mol. The molecule has 0 saturated carbocycles. The number of hydrogen-bond acceptors (Lipinski definition) is 3. The second-order valence-corrected chi connectivity index (χ2v) is 6.08. The topological polar surface area (TPSA) is 50.4 Å². The van der Waals surface area contributed by atoms with E-state index in [1.54, 1.807) is 0 Å². The first-order valence-corrected chi connectivity index (χ1v) is 7.90. The first-order chi connectivity index (χ1) is 11.0. The number of fused-ring (bicyclic) bond motifs is 1. The van der Waals surface area contributed by atoms with Gasteiger partial charge in [-0.15, -0.1) is 0 Å². The van der Waals surface area contributed by atoms with Crippen LogP contribution in [0.25, 0.3) is 0 Å². The quantitative estimate of drug-likeness (QED) is 0.894. The van der Waals surface area contributed by atoms with Crippen LogP contribution in [0.3, 0.4) is 0 Å². The average molecular weight is 310 g/mol. The van der Waals surface area contributed by atoms with Crippen molar-refractivity contribution in [1.29, 1.82) is 0 Å². The van der Waals surface area contributed by atoms with Crippen molar-refractivity contribution < 1.29 is 9.53 Å². The van der Waals surface area contributed by atoms with E-state index >= 15 is 0 Å². The van der Waals surface area contributed by atoms with E-state index in [4.69, 9.17) is 4.74 Å². The molecule has 0 unspecified atom stereocenters. The van der Waals surface area contributed by atoms with Gasteiger partial charge in [0.05, 0.1) is 0 Å². The fourth-order valence-electron chi connectivity index (χ4n) is 3.12. The Balaban J connectivity index is 1.85. The maximum Gasteiger partial charge on any atom is 0.256 e. The Morgan fingerprint density at radius 1 is 1.13 bits per heavy atom. The molecule has 0 radical (unpaired) electrons. The molecule has 1 amide bonds. The van der Waals surface area contributed by atoms with Crippen LogP contribution in [0.15, 0.2) is 30.3 Å². The van der Waals surface area contributed by atoms with Crippen molar-refractivity contribution in [1.82, 2.24) is 5.32 Å². The van der Waals surface area contributed by atoms with Crippen LogP contribution >= 0.6 is 0 Å². The van der Waals surface area contributed by atoms with Gasteiger partial charge < -0.3 is 15.4 Å². The van der Waals surface area contributed by atoms with Gasteiger partial charge in [0.25, 0.3) is 5.91 Å². The van der Waals surface area contributed by atoms with E-state index in [1.807, 2.05) is 51.1 Å². The molecule has 0 bridgehead atoms. The molecular formula is C19H22N2O2. The Bertz CT molecular complexity index is 730.